The van der Waals surface area contributed by atoms with Gasteiger partial charge in [-0.15, -0.1) is 11.3 Å². The second-order valence-electron chi connectivity index (χ2n) is 7.11. The van der Waals surface area contributed by atoms with Gasteiger partial charge in [0.25, 0.3) is 0 Å². The van der Waals surface area contributed by atoms with Crippen LogP contribution in [0.4, 0.5) is 5.00 Å². The van der Waals surface area contributed by atoms with Crippen LogP contribution in [0.2, 0.25) is 0 Å². The van der Waals surface area contributed by atoms with Crippen molar-refractivity contribution < 1.29 is 9.59 Å². The number of hydrogen-bond acceptors (Lipinski definition) is 4. The lowest BCUT2D eigenvalue weighted by Gasteiger charge is -2.30. The highest BCUT2D eigenvalue weighted by molar-refractivity contribution is 7.16. The van der Waals surface area contributed by atoms with E-state index in [0.29, 0.717) is 37.4 Å². The highest BCUT2D eigenvalue weighted by atomic mass is 32.1. The number of likely N-dealkylation sites (tertiary alicyclic amines) is 1. The van der Waals surface area contributed by atoms with Crippen LogP contribution >= 0.6 is 11.3 Å². The van der Waals surface area contributed by atoms with E-state index in [1.807, 2.05) is 0 Å². The van der Waals surface area contributed by atoms with Crippen molar-refractivity contribution in [3.05, 3.63) is 16.0 Å². The Bertz CT molecular complexity index is 711. The van der Waals surface area contributed by atoms with E-state index < -0.39 is 0 Å². The van der Waals surface area contributed by atoms with E-state index in [1.54, 1.807) is 23.2 Å². The number of carbonyl (C=O) groups is 2. The van der Waals surface area contributed by atoms with Gasteiger partial charge in [0.2, 0.25) is 11.8 Å². The molecule has 0 radical (unpaired) electrons. The van der Waals surface area contributed by atoms with Gasteiger partial charge in [-0.25, -0.2) is 0 Å². The van der Waals surface area contributed by atoms with Gasteiger partial charge in [-0.3, -0.25) is 9.59 Å². The van der Waals surface area contributed by atoms with E-state index in [2.05, 4.69) is 18.3 Å². The quantitative estimate of drug-likeness (QED) is 0.899. The molecule has 1 fully saturated rings. The topological polar surface area (TPSA) is 73.2 Å². The van der Waals surface area contributed by atoms with Crippen LogP contribution < -0.4 is 5.32 Å². The number of nitrogens with zero attached hydrogens (tertiary/aromatic N) is 2. The number of thiophene rings is 1. The molecule has 6 heteroatoms. The minimum atomic E-state index is -0.0790. The molecule has 2 heterocycles. The average Bonchev–Trinajstić information content (AvgIpc) is 2.97. The van der Waals surface area contributed by atoms with Crippen LogP contribution in [0.3, 0.4) is 0 Å². The molecule has 1 aromatic heterocycles. The predicted molar refractivity (Wildman–Crippen MR) is 98.4 cm³/mol. The van der Waals surface area contributed by atoms with Crippen molar-refractivity contribution >= 4 is 28.2 Å². The summed E-state index contributed by atoms with van der Waals surface area (Å²) >= 11 is 1.58. The van der Waals surface area contributed by atoms with Crippen molar-refractivity contribution in [1.82, 2.24) is 4.90 Å². The van der Waals surface area contributed by atoms with E-state index >= 15 is 0 Å². The number of hydrogen-bond donors (Lipinski definition) is 1. The first-order valence-corrected chi connectivity index (χ1v) is 9.96. The summed E-state index contributed by atoms with van der Waals surface area (Å²) in [5.74, 6) is 0.675. The molecule has 0 saturated carbocycles. The molecular weight excluding hydrogens is 334 g/mol. The number of piperidine rings is 1. The molecule has 1 unspecified atom stereocenters. The molecule has 1 atom stereocenters. The Morgan fingerprint density at radius 1 is 1.32 bits per heavy atom. The molecule has 134 valence electrons. The molecular formula is C19H25N3O2S. The molecule has 3 rings (SSSR count). The third-order valence-electron chi connectivity index (χ3n) is 5.60. The fourth-order valence-corrected chi connectivity index (χ4v) is 5.19. The van der Waals surface area contributed by atoms with Gasteiger partial charge >= 0.3 is 0 Å². The maximum Gasteiger partial charge on any atom is 0.228 e. The van der Waals surface area contributed by atoms with E-state index in [-0.39, 0.29) is 17.7 Å². The highest BCUT2D eigenvalue weighted by Crippen LogP contribution is 2.40. The van der Waals surface area contributed by atoms with Gasteiger partial charge in [0.05, 0.1) is 5.56 Å². The van der Waals surface area contributed by atoms with Crippen molar-refractivity contribution in [2.24, 2.45) is 11.8 Å². The molecule has 1 saturated heterocycles. The van der Waals surface area contributed by atoms with Gasteiger partial charge in [0, 0.05) is 30.8 Å². The van der Waals surface area contributed by atoms with Crippen LogP contribution in [0.5, 0.6) is 0 Å². The maximum absolute atomic E-state index is 12.6. The third-order valence-corrected chi connectivity index (χ3v) is 6.77. The van der Waals surface area contributed by atoms with Crippen LogP contribution in [0.1, 0.15) is 55.5 Å². The molecule has 5 nitrogen and oxygen atoms in total. The molecule has 0 aromatic carbocycles. The summed E-state index contributed by atoms with van der Waals surface area (Å²) in [7, 11) is 0. The Morgan fingerprint density at radius 3 is 2.64 bits per heavy atom. The van der Waals surface area contributed by atoms with E-state index in [0.717, 1.165) is 36.2 Å². The molecule has 1 aliphatic heterocycles. The lowest BCUT2D eigenvalue weighted by atomic mass is 9.86. The van der Waals surface area contributed by atoms with Crippen molar-refractivity contribution in [3.8, 4) is 6.07 Å². The zero-order valence-electron chi connectivity index (χ0n) is 14.9. The second kappa shape index (κ2) is 7.57. The van der Waals surface area contributed by atoms with Gasteiger partial charge in [-0.05, 0) is 43.6 Å². The fourth-order valence-electron chi connectivity index (χ4n) is 3.88. The van der Waals surface area contributed by atoms with Gasteiger partial charge in [0.15, 0.2) is 0 Å². The van der Waals surface area contributed by atoms with Crippen LogP contribution in [0.25, 0.3) is 0 Å². The minimum Gasteiger partial charge on any atom is -0.343 e. The van der Waals surface area contributed by atoms with E-state index in [9.17, 15) is 14.9 Å². The smallest absolute Gasteiger partial charge is 0.228 e. The summed E-state index contributed by atoms with van der Waals surface area (Å²) in [6.45, 7) is 5.05. The normalized spacial score (nSPS) is 20.7. The molecule has 0 bridgehead atoms. The molecule has 1 N–H and O–H groups in total. The fraction of sp³-hybridized carbons (Fsp3) is 0.632. The summed E-state index contributed by atoms with van der Waals surface area (Å²) in [5.41, 5.74) is 1.82. The van der Waals surface area contributed by atoms with E-state index in [4.69, 9.17) is 0 Å². The Labute approximate surface area is 153 Å². The number of fused-ring (bicyclic) bond motifs is 1. The SMILES string of the molecule is CCC1CCc2c(sc(NC(=O)C3CCN(C(C)=O)CC3)c2C#N)C1. The molecule has 25 heavy (non-hydrogen) atoms. The van der Waals surface area contributed by atoms with Crippen LogP contribution in [0, 0.1) is 23.2 Å². The molecule has 2 amide bonds. The Hall–Kier alpha value is -1.87. The standard InChI is InChI=1S/C19H25N3O2S/c1-3-13-4-5-15-16(11-20)19(25-17(15)10-13)21-18(24)14-6-8-22(9-7-14)12(2)23/h13-14H,3-10H2,1-2H3,(H,21,24). The van der Waals surface area contributed by atoms with Gasteiger partial charge < -0.3 is 10.2 Å². The minimum absolute atomic E-state index is 0.00894. The summed E-state index contributed by atoms with van der Waals surface area (Å²) < 4.78 is 0. The first-order chi connectivity index (χ1) is 12.0. The van der Waals surface area contributed by atoms with Gasteiger partial charge in [0.1, 0.15) is 11.1 Å². The number of amides is 2. The van der Waals surface area contributed by atoms with Gasteiger partial charge in [-0.2, -0.15) is 5.26 Å². The van der Waals surface area contributed by atoms with Crippen molar-refractivity contribution in [3.63, 3.8) is 0 Å². The largest absolute Gasteiger partial charge is 0.343 e. The van der Waals surface area contributed by atoms with Crippen molar-refractivity contribution in [1.29, 1.82) is 5.26 Å². The Morgan fingerprint density at radius 2 is 2.04 bits per heavy atom. The zero-order chi connectivity index (χ0) is 18.0. The number of nitriles is 1. The second-order valence-corrected chi connectivity index (χ2v) is 8.21. The molecule has 2 aliphatic rings. The number of rotatable bonds is 3. The lowest BCUT2D eigenvalue weighted by Crippen LogP contribution is -2.40. The Kier molecular flexibility index (Phi) is 5.43. The number of carbonyl (C=O) groups excluding carboxylic acids is 2. The summed E-state index contributed by atoms with van der Waals surface area (Å²) in [5, 5.41) is 13.3. The first kappa shape index (κ1) is 17.9. The van der Waals surface area contributed by atoms with Crippen LogP contribution in [0.15, 0.2) is 0 Å². The Balaban J connectivity index is 1.69. The van der Waals surface area contributed by atoms with Crippen molar-refractivity contribution in [2.75, 3.05) is 18.4 Å². The highest BCUT2D eigenvalue weighted by Gasteiger charge is 2.29. The van der Waals surface area contributed by atoms with Gasteiger partial charge in [-0.1, -0.05) is 13.3 Å². The molecule has 1 aromatic rings. The monoisotopic (exact) mass is 359 g/mol. The summed E-state index contributed by atoms with van der Waals surface area (Å²) in [6.07, 6.45) is 5.65. The summed E-state index contributed by atoms with van der Waals surface area (Å²) in [6, 6.07) is 2.31. The summed E-state index contributed by atoms with van der Waals surface area (Å²) in [4.78, 5) is 27.1. The number of anilines is 1. The molecule has 0 spiro atoms. The lowest BCUT2D eigenvalue weighted by molar-refractivity contribution is -0.132. The third kappa shape index (κ3) is 3.72. The van der Waals surface area contributed by atoms with Crippen LogP contribution in [-0.4, -0.2) is 29.8 Å². The average molecular weight is 359 g/mol. The van der Waals surface area contributed by atoms with E-state index in [1.165, 1.54) is 4.88 Å². The zero-order valence-corrected chi connectivity index (χ0v) is 15.7. The molecule has 1 aliphatic carbocycles. The first-order valence-electron chi connectivity index (χ1n) is 9.14. The maximum atomic E-state index is 12.6. The number of nitrogens with one attached hydrogen (secondary N) is 1. The van der Waals surface area contributed by atoms with Crippen molar-refractivity contribution in [2.45, 2.75) is 52.4 Å². The predicted octanol–water partition coefficient (Wildman–Crippen LogP) is 3.33. The van der Waals surface area contributed by atoms with Crippen LogP contribution in [-0.2, 0) is 22.4 Å².